The monoisotopic (exact) mass is 433 g/mol. The Morgan fingerprint density at radius 2 is 1.80 bits per heavy atom. The summed E-state index contributed by atoms with van der Waals surface area (Å²) in [5.41, 5.74) is 3.95. The van der Waals surface area contributed by atoms with Gasteiger partial charge in [-0.2, -0.15) is 13.2 Å². The van der Waals surface area contributed by atoms with Crippen LogP contribution in [-0.2, 0) is 11.0 Å². The molecular weight excluding hydrogens is 415 g/mol. The number of rotatable bonds is 3. The van der Waals surface area contributed by atoms with E-state index in [0.29, 0.717) is 11.0 Å². The van der Waals surface area contributed by atoms with Gasteiger partial charge in [-0.1, -0.05) is 53.7 Å². The minimum absolute atomic E-state index is 0.276. The van der Waals surface area contributed by atoms with Crippen LogP contribution in [0, 0.1) is 13.8 Å². The predicted molar refractivity (Wildman–Crippen MR) is 108 cm³/mol. The number of nitrogens with one attached hydrogen (secondary N) is 2. The lowest BCUT2D eigenvalue weighted by Gasteiger charge is -2.33. The lowest BCUT2D eigenvalue weighted by atomic mass is 10.0. The largest absolute Gasteiger partial charge is 0.418 e. The van der Waals surface area contributed by atoms with E-state index in [4.69, 9.17) is 0 Å². The van der Waals surface area contributed by atoms with Crippen molar-refractivity contribution < 1.29 is 18.0 Å². The van der Waals surface area contributed by atoms with Crippen LogP contribution < -0.4 is 10.7 Å². The fourth-order valence-electron chi connectivity index (χ4n) is 3.23. The number of aromatic nitrogens is 3. The number of anilines is 1. The normalized spacial score (nSPS) is 18.4. The highest BCUT2D eigenvalue weighted by Gasteiger charge is 2.39. The van der Waals surface area contributed by atoms with Crippen LogP contribution in [0.5, 0.6) is 0 Å². The topological polar surface area (TPSA) is 71.8 Å². The maximum Gasteiger partial charge on any atom is 0.418 e. The van der Waals surface area contributed by atoms with Gasteiger partial charge >= 0.3 is 6.18 Å². The first-order chi connectivity index (χ1) is 14.2. The van der Waals surface area contributed by atoms with Crippen molar-refractivity contribution in [1.29, 1.82) is 0 Å². The summed E-state index contributed by atoms with van der Waals surface area (Å²) in [5, 5.41) is 10.2. The van der Waals surface area contributed by atoms with Crippen LogP contribution in [-0.4, -0.2) is 26.0 Å². The van der Waals surface area contributed by atoms with E-state index >= 15 is 0 Å². The van der Waals surface area contributed by atoms with E-state index in [1.165, 1.54) is 18.2 Å². The molecule has 30 heavy (non-hydrogen) atoms. The van der Waals surface area contributed by atoms with Gasteiger partial charge in [-0.3, -0.25) is 4.79 Å². The molecule has 10 heteroatoms. The van der Waals surface area contributed by atoms with Gasteiger partial charge in [-0.15, -0.1) is 10.2 Å². The molecule has 2 heterocycles. The van der Waals surface area contributed by atoms with Crippen LogP contribution in [0.2, 0.25) is 0 Å². The van der Waals surface area contributed by atoms with Gasteiger partial charge in [0.15, 0.2) is 0 Å². The minimum Gasteiger partial charge on any atom is -0.324 e. The lowest BCUT2D eigenvalue weighted by Crippen LogP contribution is -2.41. The van der Waals surface area contributed by atoms with E-state index in [1.54, 1.807) is 11.6 Å². The molecule has 4 rings (SSSR count). The lowest BCUT2D eigenvalue weighted by molar-refractivity contribution is -0.137. The number of carbonyl (C=O) groups excluding carboxylic acids is 1. The average molecular weight is 433 g/mol. The fraction of sp³-hybridized carbons (Fsp3) is 0.250. The number of fused-ring (bicyclic) bond motifs is 1. The number of benzene rings is 2. The Bertz CT molecular complexity index is 1080. The molecular formula is C20H18F3N5OS. The molecule has 0 spiro atoms. The first-order valence-electron chi connectivity index (χ1n) is 9.13. The highest BCUT2D eigenvalue weighted by atomic mass is 32.2. The molecule has 0 saturated carbocycles. The van der Waals surface area contributed by atoms with Crippen molar-refractivity contribution in [2.24, 2.45) is 0 Å². The number of halogens is 3. The first kappa shape index (κ1) is 20.3. The number of para-hydroxylation sites is 1. The highest BCUT2D eigenvalue weighted by molar-refractivity contribution is 8.00. The van der Waals surface area contributed by atoms with Gasteiger partial charge in [0.05, 0.1) is 17.3 Å². The second kappa shape index (κ2) is 7.67. The minimum atomic E-state index is -4.57. The SMILES string of the molecule is Cc1ccc([C@@H]2Nn3c(C)nnc3S[C@@H]2C(=O)Nc2ccccc2C(F)(F)F)cc1. The van der Waals surface area contributed by atoms with Crippen molar-refractivity contribution >= 4 is 23.4 Å². The zero-order chi connectivity index (χ0) is 21.5. The molecule has 0 unspecified atom stereocenters. The second-order valence-corrected chi connectivity index (χ2v) is 8.06. The van der Waals surface area contributed by atoms with Gasteiger partial charge in [-0.25, -0.2) is 4.68 Å². The summed E-state index contributed by atoms with van der Waals surface area (Å²) in [5.74, 6) is 0.0672. The van der Waals surface area contributed by atoms with Gasteiger partial charge in [-0.05, 0) is 31.5 Å². The molecule has 2 atom stereocenters. The van der Waals surface area contributed by atoms with Crippen LogP contribution in [0.3, 0.4) is 0 Å². The van der Waals surface area contributed by atoms with Crippen LogP contribution in [0.15, 0.2) is 53.7 Å². The quantitative estimate of drug-likeness (QED) is 0.644. The number of amides is 1. The smallest absolute Gasteiger partial charge is 0.324 e. The maximum atomic E-state index is 13.3. The number of aryl methyl sites for hydroxylation is 2. The summed E-state index contributed by atoms with van der Waals surface area (Å²) in [4.78, 5) is 13.1. The first-order valence-corrected chi connectivity index (χ1v) is 10.0. The Morgan fingerprint density at radius 1 is 1.10 bits per heavy atom. The maximum absolute atomic E-state index is 13.3. The average Bonchev–Trinajstić information content (AvgIpc) is 3.07. The summed E-state index contributed by atoms with van der Waals surface area (Å²) in [6.07, 6.45) is -4.57. The highest BCUT2D eigenvalue weighted by Crippen LogP contribution is 2.39. The van der Waals surface area contributed by atoms with Gasteiger partial charge in [0, 0.05) is 0 Å². The standard InChI is InChI=1S/C20H18F3N5OS/c1-11-7-9-13(10-8-11)16-17(30-19-26-25-12(2)28(19)27-16)18(29)24-15-6-4-3-5-14(15)20(21,22)23/h3-10,16-17,27H,1-2H3,(H,24,29)/t16-,17-/m0/s1. The number of alkyl halides is 3. The molecule has 0 radical (unpaired) electrons. The van der Waals surface area contributed by atoms with Gasteiger partial charge in [0.2, 0.25) is 11.1 Å². The summed E-state index contributed by atoms with van der Waals surface area (Å²) in [7, 11) is 0. The number of carbonyl (C=O) groups is 1. The van der Waals surface area contributed by atoms with Crippen molar-refractivity contribution in [3.63, 3.8) is 0 Å². The molecule has 1 aliphatic heterocycles. The van der Waals surface area contributed by atoms with Gasteiger partial charge in [0.1, 0.15) is 11.1 Å². The Balaban J connectivity index is 1.68. The van der Waals surface area contributed by atoms with Crippen molar-refractivity contribution in [3.8, 4) is 0 Å². The zero-order valence-corrected chi connectivity index (χ0v) is 16.9. The Labute approximate surface area is 174 Å². The molecule has 0 bridgehead atoms. The van der Waals surface area contributed by atoms with Crippen molar-refractivity contribution in [3.05, 3.63) is 71.0 Å². The van der Waals surface area contributed by atoms with E-state index in [-0.39, 0.29) is 5.69 Å². The molecule has 0 aliphatic carbocycles. The van der Waals surface area contributed by atoms with E-state index in [9.17, 15) is 18.0 Å². The van der Waals surface area contributed by atoms with Crippen molar-refractivity contribution in [1.82, 2.24) is 14.9 Å². The van der Waals surface area contributed by atoms with Crippen molar-refractivity contribution in [2.45, 2.75) is 36.5 Å². The summed E-state index contributed by atoms with van der Waals surface area (Å²) >= 11 is 1.16. The molecule has 2 aromatic carbocycles. The van der Waals surface area contributed by atoms with E-state index < -0.39 is 28.9 Å². The molecule has 1 amide bonds. The van der Waals surface area contributed by atoms with Crippen LogP contribution in [0.4, 0.5) is 18.9 Å². The Kier molecular flexibility index (Phi) is 5.19. The predicted octanol–water partition coefficient (Wildman–Crippen LogP) is 4.31. The van der Waals surface area contributed by atoms with Crippen LogP contribution >= 0.6 is 11.8 Å². The molecule has 2 N–H and O–H groups in total. The fourth-order valence-corrected chi connectivity index (χ4v) is 4.35. The van der Waals surface area contributed by atoms with Gasteiger partial charge < -0.3 is 10.7 Å². The number of hydrogen-bond donors (Lipinski definition) is 2. The van der Waals surface area contributed by atoms with Gasteiger partial charge in [0.25, 0.3) is 0 Å². The van der Waals surface area contributed by atoms with E-state index in [2.05, 4.69) is 20.9 Å². The molecule has 0 saturated heterocycles. The summed E-state index contributed by atoms with van der Waals surface area (Å²) in [6.45, 7) is 3.73. The van der Waals surface area contributed by atoms with Crippen molar-refractivity contribution in [2.75, 3.05) is 10.7 Å². The molecule has 3 aromatic rings. The third-order valence-electron chi connectivity index (χ3n) is 4.78. The van der Waals surface area contributed by atoms with E-state index in [1.807, 2.05) is 31.2 Å². The number of thioether (sulfide) groups is 1. The zero-order valence-electron chi connectivity index (χ0n) is 16.1. The molecule has 0 fully saturated rings. The third-order valence-corrected chi connectivity index (χ3v) is 6.00. The summed E-state index contributed by atoms with van der Waals surface area (Å²) in [6, 6.07) is 12.1. The number of hydrogen-bond acceptors (Lipinski definition) is 5. The third kappa shape index (κ3) is 3.87. The Morgan fingerprint density at radius 3 is 2.50 bits per heavy atom. The Hall–Kier alpha value is -3.01. The number of nitrogens with zero attached hydrogens (tertiary/aromatic N) is 3. The molecule has 156 valence electrons. The van der Waals surface area contributed by atoms with Crippen LogP contribution in [0.1, 0.15) is 28.6 Å². The van der Waals surface area contributed by atoms with Crippen LogP contribution in [0.25, 0.3) is 0 Å². The molecule has 1 aromatic heterocycles. The van der Waals surface area contributed by atoms with E-state index in [0.717, 1.165) is 29.0 Å². The second-order valence-electron chi connectivity index (χ2n) is 6.95. The molecule has 1 aliphatic rings. The molecule has 6 nitrogen and oxygen atoms in total. The summed E-state index contributed by atoms with van der Waals surface area (Å²) < 4.78 is 41.7.